The van der Waals surface area contributed by atoms with Gasteiger partial charge in [-0.05, 0) is 30.2 Å². The molecule has 2 aromatic rings. The maximum absolute atomic E-state index is 12.6. The smallest absolute Gasteiger partial charge is 0.251 e. The van der Waals surface area contributed by atoms with Gasteiger partial charge in [-0.1, -0.05) is 55.5 Å². The molecule has 0 aliphatic carbocycles. The van der Waals surface area contributed by atoms with Crippen LogP contribution in [0.2, 0.25) is 0 Å². The average molecular weight is 339 g/mol. The van der Waals surface area contributed by atoms with E-state index < -0.39 is 6.04 Å². The molecule has 4 N–H and O–H groups in total. The number of carbonyl (C=O) groups excluding carboxylic acids is 2. The second-order valence-corrected chi connectivity index (χ2v) is 6.17. The maximum Gasteiger partial charge on any atom is 0.251 e. The van der Waals surface area contributed by atoms with Crippen LogP contribution >= 0.6 is 0 Å². The van der Waals surface area contributed by atoms with Crippen molar-refractivity contribution in [2.75, 3.05) is 13.1 Å². The van der Waals surface area contributed by atoms with Crippen LogP contribution in [0, 0.1) is 5.92 Å². The van der Waals surface area contributed by atoms with Crippen molar-refractivity contribution < 1.29 is 9.59 Å². The lowest BCUT2D eigenvalue weighted by molar-refractivity contribution is -0.123. The van der Waals surface area contributed by atoms with Crippen molar-refractivity contribution in [3.8, 4) is 0 Å². The number of amides is 2. The number of rotatable bonds is 8. The summed E-state index contributed by atoms with van der Waals surface area (Å²) < 4.78 is 0. The number of carbonyl (C=O) groups is 2. The molecule has 0 aliphatic rings. The SMILES string of the molecule is CC(CN)CNC(=O)C(Cc1ccccc1)NC(=O)c1ccccc1. The molecule has 0 heterocycles. The number of nitrogens with one attached hydrogen (secondary N) is 2. The number of hydrogen-bond donors (Lipinski definition) is 3. The molecule has 2 aromatic carbocycles. The van der Waals surface area contributed by atoms with Crippen LogP contribution in [0.25, 0.3) is 0 Å². The zero-order chi connectivity index (χ0) is 18.1. The Balaban J connectivity index is 2.08. The van der Waals surface area contributed by atoms with E-state index >= 15 is 0 Å². The fourth-order valence-corrected chi connectivity index (χ4v) is 2.37. The van der Waals surface area contributed by atoms with Crippen LogP contribution in [0.1, 0.15) is 22.8 Å². The van der Waals surface area contributed by atoms with Gasteiger partial charge in [0, 0.05) is 18.5 Å². The molecule has 2 atom stereocenters. The van der Waals surface area contributed by atoms with Crippen LogP contribution in [-0.4, -0.2) is 30.9 Å². The Hall–Kier alpha value is -2.66. The standard InChI is InChI=1S/C20H25N3O2/c1-15(13-21)14-22-20(25)18(12-16-8-4-2-5-9-16)23-19(24)17-10-6-3-7-11-17/h2-11,15,18H,12-14,21H2,1H3,(H,22,25)(H,23,24). The van der Waals surface area contributed by atoms with Crippen molar-refractivity contribution >= 4 is 11.8 Å². The second kappa shape index (κ2) is 9.59. The summed E-state index contributed by atoms with van der Waals surface area (Å²) in [5.74, 6) is -0.275. The van der Waals surface area contributed by atoms with E-state index in [0.717, 1.165) is 5.56 Å². The van der Waals surface area contributed by atoms with Gasteiger partial charge in [-0.15, -0.1) is 0 Å². The van der Waals surface area contributed by atoms with E-state index in [9.17, 15) is 9.59 Å². The summed E-state index contributed by atoms with van der Waals surface area (Å²) in [6.07, 6.45) is 0.433. The van der Waals surface area contributed by atoms with Crippen LogP contribution in [0.4, 0.5) is 0 Å². The Labute approximate surface area is 148 Å². The predicted octanol–water partition coefficient (Wildman–Crippen LogP) is 1.74. The third-order valence-electron chi connectivity index (χ3n) is 3.97. The Bertz CT molecular complexity index is 674. The fraction of sp³-hybridized carbons (Fsp3) is 0.300. The van der Waals surface area contributed by atoms with Gasteiger partial charge in [0.2, 0.25) is 5.91 Å². The van der Waals surface area contributed by atoms with Gasteiger partial charge in [-0.3, -0.25) is 9.59 Å². The molecule has 0 saturated heterocycles. The largest absolute Gasteiger partial charge is 0.354 e. The average Bonchev–Trinajstić information content (AvgIpc) is 2.66. The van der Waals surface area contributed by atoms with E-state index in [4.69, 9.17) is 5.73 Å². The second-order valence-electron chi connectivity index (χ2n) is 6.17. The van der Waals surface area contributed by atoms with Gasteiger partial charge in [0.1, 0.15) is 6.04 Å². The lowest BCUT2D eigenvalue weighted by Gasteiger charge is -2.20. The van der Waals surface area contributed by atoms with Crippen LogP contribution in [0.15, 0.2) is 60.7 Å². The summed E-state index contributed by atoms with van der Waals surface area (Å²) in [5, 5.41) is 5.72. The first-order chi connectivity index (χ1) is 12.1. The van der Waals surface area contributed by atoms with E-state index in [0.29, 0.717) is 25.1 Å². The molecule has 0 bridgehead atoms. The van der Waals surface area contributed by atoms with Crippen LogP contribution in [0.5, 0.6) is 0 Å². The number of nitrogens with two attached hydrogens (primary N) is 1. The minimum atomic E-state index is -0.639. The van der Waals surface area contributed by atoms with Gasteiger partial charge in [0.15, 0.2) is 0 Å². The molecule has 0 spiro atoms. The minimum absolute atomic E-state index is 0.186. The first-order valence-corrected chi connectivity index (χ1v) is 8.47. The third-order valence-corrected chi connectivity index (χ3v) is 3.97. The molecule has 2 amide bonds. The van der Waals surface area contributed by atoms with Gasteiger partial charge in [0.25, 0.3) is 5.91 Å². The predicted molar refractivity (Wildman–Crippen MR) is 99.1 cm³/mol. The molecule has 0 aromatic heterocycles. The quantitative estimate of drug-likeness (QED) is 0.685. The van der Waals surface area contributed by atoms with Crippen LogP contribution in [-0.2, 0) is 11.2 Å². The molecule has 132 valence electrons. The highest BCUT2D eigenvalue weighted by atomic mass is 16.2. The Morgan fingerprint density at radius 2 is 1.60 bits per heavy atom. The minimum Gasteiger partial charge on any atom is -0.354 e. The van der Waals surface area contributed by atoms with Crippen molar-refractivity contribution in [3.63, 3.8) is 0 Å². The molecule has 0 fully saturated rings. The first-order valence-electron chi connectivity index (χ1n) is 8.47. The number of hydrogen-bond acceptors (Lipinski definition) is 3. The van der Waals surface area contributed by atoms with Crippen LogP contribution in [0.3, 0.4) is 0 Å². The highest BCUT2D eigenvalue weighted by Crippen LogP contribution is 2.06. The van der Waals surface area contributed by atoms with E-state index in [1.807, 2.05) is 43.3 Å². The van der Waals surface area contributed by atoms with Gasteiger partial charge in [0.05, 0.1) is 0 Å². The van der Waals surface area contributed by atoms with E-state index in [2.05, 4.69) is 10.6 Å². The summed E-state index contributed by atoms with van der Waals surface area (Å²) in [6, 6.07) is 17.9. The molecule has 0 aliphatic heterocycles. The zero-order valence-electron chi connectivity index (χ0n) is 14.4. The Kier molecular flexibility index (Phi) is 7.16. The Morgan fingerprint density at radius 1 is 1.00 bits per heavy atom. The van der Waals surface area contributed by atoms with Gasteiger partial charge < -0.3 is 16.4 Å². The Morgan fingerprint density at radius 3 is 2.20 bits per heavy atom. The first kappa shape index (κ1) is 18.7. The van der Waals surface area contributed by atoms with E-state index in [1.54, 1.807) is 24.3 Å². The molecule has 0 radical (unpaired) electrons. The zero-order valence-corrected chi connectivity index (χ0v) is 14.4. The van der Waals surface area contributed by atoms with Crippen molar-refractivity contribution in [3.05, 3.63) is 71.8 Å². The molecule has 2 rings (SSSR count). The van der Waals surface area contributed by atoms with Gasteiger partial charge in [-0.25, -0.2) is 0 Å². The lowest BCUT2D eigenvalue weighted by atomic mass is 10.0. The fourth-order valence-electron chi connectivity index (χ4n) is 2.37. The maximum atomic E-state index is 12.6. The topological polar surface area (TPSA) is 84.2 Å². The van der Waals surface area contributed by atoms with Gasteiger partial charge >= 0.3 is 0 Å². The lowest BCUT2D eigenvalue weighted by Crippen LogP contribution is -2.49. The van der Waals surface area contributed by atoms with Crippen LogP contribution < -0.4 is 16.4 Å². The van der Waals surface area contributed by atoms with E-state index in [1.165, 1.54) is 0 Å². The molecular formula is C20H25N3O2. The highest BCUT2D eigenvalue weighted by Gasteiger charge is 2.22. The number of benzene rings is 2. The normalized spacial score (nSPS) is 12.9. The molecular weight excluding hydrogens is 314 g/mol. The van der Waals surface area contributed by atoms with Crippen molar-refractivity contribution in [1.82, 2.24) is 10.6 Å². The van der Waals surface area contributed by atoms with Crippen molar-refractivity contribution in [2.45, 2.75) is 19.4 Å². The summed E-state index contributed by atoms with van der Waals surface area (Å²) in [5.41, 5.74) is 7.11. The monoisotopic (exact) mass is 339 g/mol. The third kappa shape index (κ3) is 6.04. The molecule has 2 unspecified atom stereocenters. The van der Waals surface area contributed by atoms with Crippen molar-refractivity contribution in [1.29, 1.82) is 0 Å². The summed E-state index contributed by atoms with van der Waals surface area (Å²) in [6.45, 7) is 2.96. The summed E-state index contributed by atoms with van der Waals surface area (Å²) >= 11 is 0. The summed E-state index contributed by atoms with van der Waals surface area (Å²) in [7, 11) is 0. The molecule has 25 heavy (non-hydrogen) atoms. The molecule has 0 saturated carbocycles. The van der Waals surface area contributed by atoms with Crippen molar-refractivity contribution in [2.24, 2.45) is 11.7 Å². The summed E-state index contributed by atoms with van der Waals surface area (Å²) in [4.78, 5) is 25.0. The molecule has 5 nitrogen and oxygen atoms in total. The molecule has 5 heteroatoms. The van der Waals surface area contributed by atoms with E-state index in [-0.39, 0.29) is 17.7 Å². The van der Waals surface area contributed by atoms with Gasteiger partial charge in [-0.2, -0.15) is 0 Å². The highest BCUT2D eigenvalue weighted by molar-refractivity contribution is 5.97.